The largest absolute Gasteiger partial charge is 0.497 e. The lowest BCUT2D eigenvalue weighted by Gasteiger charge is -2.34. The summed E-state index contributed by atoms with van der Waals surface area (Å²) in [4.78, 5) is 30.9. The van der Waals surface area contributed by atoms with E-state index in [2.05, 4.69) is 4.98 Å². The summed E-state index contributed by atoms with van der Waals surface area (Å²) in [5.74, 6) is 0.690. The molecule has 1 amide bonds. The molecule has 1 aliphatic carbocycles. The number of aromatic amines is 1. The van der Waals surface area contributed by atoms with Gasteiger partial charge >= 0.3 is 0 Å². The maximum Gasteiger partial charge on any atom is 0.254 e. The molecule has 29 heavy (non-hydrogen) atoms. The molecule has 150 valence electrons. The van der Waals surface area contributed by atoms with E-state index >= 15 is 0 Å². The lowest BCUT2D eigenvalue weighted by molar-refractivity contribution is 0.0613. The van der Waals surface area contributed by atoms with Crippen molar-refractivity contribution in [3.05, 3.63) is 76.1 Å². The van der Waals surface area contributed by atoms with Crippen LogP contribution in [0.5, 0.6) is 5.75 Å². The molecule has 5 heteroatoms. The predicted molar refractivity (Wildman–Crippen MR) is 114 cm³/mol. The highest BCUT2D eigenvalue weighted by molar-refractivity contribution is 5.94. The molecule has 1 heterocycles. The summed E-state index contributed by atoms with van der Waals surface area (Å²) in [7, 11) is 1.60. The van der Waals surface area contributed by atoms with Gasteiger partial charge in [0.25, 0.3) is 11.5 Å². The van der Waals surface area contributed by atoms with E-state index in [1.54, 1.807) is 7.11 Å². The van der Waals surface area contributed by atoms with Crippen molar-refractivity contribution in [2.45, 2.75) is 44.7 Å². The summed E-state index contributed by atoms with van der Waals surface area (Å²) in [6.45, 7) is 0.315. The quantitative estimate of drug-likeness (QED) is 0.697. The third kappa shape index (κ3) is 4.19. The molecular formula is C24H26N2O3. The Morgan fingerprint density at radius 1 is 1.07 bits per heavy atom. The van der Waals surface area contributed by atoms with Crippen LogP contribution in [-0.2, 0) is 6.54 Å². The van der Waals surface area contributed by atoms with Gasteiger partial charge in [0.1, 0.15) is 5.75 Å². The molecule has 1 saturated carbocycles. The Balaban J connectivity index is 1.69. The molecule has 1 aromatic heterocycles. The van der Waals surface area contributed by atoms with Crippen LogP contribution in [0.1, 0.15) is 48.0 Å². The number of pyridine rings is 1. The highest BCUT2D eigenvalue weighted by Gasteiger charge is 2.27. The van der Waals surface area contributed by atoms with Crippen LogP contribution in [0, 0.1) is 0 Å². The Morgan fingerprint density at radius 3 is 2.55 bits per heavy atom. The third-order valence-electron chi connectivity index (χ3n) is 5.77. The van der Waals surface area contributed by atoms with E-state index in [4.69, 9.17) is 4.74 Å². The van der Waals surface area contributed by atoms with E-state index in [-0.39, 0.29) is 17.5 Å². The molecule has 5 nitrogen and oxygen atoms in total. The van der Waals surface area contributed by atoms with Crippen LogP contribution in [0.3, 0.4) is 0 Å². The van der Waals surface area contributed by atoms with Crippen molar-refractivity contribution in [1.82, 2.24) is 9.88 Å². The van der Waals surface area contributed by atoms with Gasteiger partial charge in [-0.2, -0.15) is 0 Å². The summed E-state index contributed by atoms with van der Waals surface area (Å²) >= 11 is 0. The first-order valence-electron chi connectivity index (χ1n) is 10.2. The summed E-state index contributed by atoms with van der Waals surface area (Å²) in [6, 6.07) is 17.0. The van der Waals surface area contributed by atoms with Gasteiger partial charge in [-0.05, 0) is 48.6 Å². The Hall–Kier alpha value is -3.08. The van der Waals surface area contributed by atoms with Crippen LogP contribution in [0.25, 0.3) is 10.9 Å². The van der Waals surface area contributed by atoms with Gasteiger partial charge in [-0.3, -0.25) is 9.59 Å². The first kappa shape index (κ1) is 19.2. The second-order valence-corrected chi connectivity index (χ2v) is 7.67. The van der Waals surface area contributed by atoms with Gasteiger partial charge in [0, 0.05) is 23.2 Å². The van der Waals surface area contributed by atoms with Crippen LogP contribution < -0.4 is 10.3 Å². The zero-order valence-corrected chi connectivity index (χ0v) is 16.7. The van der Waals surface area contributed by atoms with E-state index < -0.39 is 0 Å². The number of hydrogen-bond acceptors (Lipinski definition) is 3. The smallest absolute Gasteiger partial charge is 0.254 e. The number of hydrogen-bond donors (Lipinski definition) is 1. The Labute approximate surface area is 170 Å². The first-order valence-corrected chi connectivity index (χ1v) is 10.2. The highest BCUT2D eigenvalue weighted by Crippen LogP contribution is 2.26. The molecule has 1 N–H and O–H groups in total. The minimum absolute atomic E-state index is 0.00766. The van der Waals surface area contributed by atoms with Gasteiger partial charge in [-0.1, -0.05) is 37.5 Å². The van der Waals surface area contributed by atoms with Crippen molar-refractivity contribution in [3.63, 3.8) is 0 Å². The Bertz CT molecular complexity index is 1050. The molecule has 2 aromatic carbocycles. The summed E-state index contributed by atoms with van der Waals surface area (Å²) < 4.78 is 5.24. The third-order valence-corrected chi connectivity index (χ3v) is 5.77. The van der Waals surface area contributed by atoms with Gasteiger partial charge in [-0.25, -0.2) is 0 Å². The number of rotatable bonds is 5. The molecule has 0 saturated heterocycles. The van der Waals surface area contributed by atoms with Gasteiger partial charge in [0.05, 0.1) is 19.2 Å². The number of nitrogens with zero attached hydrogens (tertiary/aromatic N) is 1. The molecule has 0 radical (unpaired) electrons. The zero-order valence-electron chi connectivity index (χ0n) is 16.7. The molecule has 4 rings (SSSR count). The number of H-pyrrole nitrogens is 1. The van der Waals surface area contributed by atoms with Crippen LogP contribution >= 0.6 is 0 Å². The van der Waals surface area contributed by atoms with E-state index in [0.29, 0.717) is 23.4 Å². The van der Waals surface area contributed by atoms with Crippen molar-refractivity contribution in [3.8, 4) is 5.75 Å². The molecule has 0 spiro atoms. The normalized spacial score (nSPS) is 14.7. The van der Waals surface area contributed by atoms with Crippen LogP contribution in [0.2, 0.25) is 0 Å². The number of fused-ring (bicyclic) bond motifs is 1. The summed E-state index contributed by atoms with van der Waals surface area (Å²) in [5, 5.41) is 0.927. The molecular weight excluding hydrogens is 364 g/mol. The maximum absolute atomic E-state index is 13.3. The molecule has 0 bridgehead atoms. The zero-order chi connectivity index (χ0) is 20.2. The molecule has 1 fully saturated rings. The van der Waals surface area contributed by atoms with Crippen LogP contribution in [-0.4, -0.2) is 28.9 Å². The maximum atomic E-state index is 13.3. The van der Waals surface area contributed by atoms with E-state index in [0.717, 1.165) is 36.6 Å². The molecule has 1 aliphatic rings. The van der Waals surface area contributed by atoms with Crippen LogP contribution in [0.4, 0.5) is 0 Å². The number of ether oxygens (including phenoxy) is 1. The monoisotopic (exact) mass is 390 g/mol. The Morgan fingerprint density at radius 2 is 1.83 bits per heavy atom. The fraction of sp³-hybridized carbons (Fsp3) is 0.333. The minimum atomic E-state index is -0.160. The van der Waals surface area contributed by atoms with E-state index in [1.165, 1.54) is 6.42 Å². The van der Waals surface area contributed by atoms with Gasteiger partial charge in [0.15, 0.2) is 0 Å². The standard InChI is InChI=1S/C24H26N2O3/c1-29-21-13-12-18-14-19(23(27)25-22(18)15-21)16-26(20-10-6-3-7-11-20)24(28)17-8-4-2-5-9-17/h2,4-5,8-9,12-15,20H,3,6-7,10-11,16H2,1H3,(H,25,27). The molecule has 0 atom stereocenters. The van der Waals surface area contributed by atoms with E-state index in [9.17, 15) is 9.59 Å². The second kappa shape index (κ2) is 8.52. The second-order valence-electron chi connectivity index (χ2n) is 7.67. The van der Waals surface area contributed by atoms with Crippen molar-refractivity contribution in [2.24, 2.45) is 0 Å². The van der Waals surface area contributed by atoms with Gasteiger partial charge < -0.3 is 14.6 Å². The number of carbonyl (C=O) groups excluding carboxylic acids is 1. The number of carbonyl (C=O) groups is 1. The fourth-order valence-corrected chi connectivity index (χ4v) is 4.16. The van der Waals surface area contributed by atoms with Gasteiger partial charge in [-0.15, -0.1) is 0 Å². The number of amides is 1. The fourth-order valence-electron chi connectivity index (χ4n) is 4.16. The average molecular weight is 390 g/mol. The van der Waals surface area contributed by atoms with Crippen LogP contribution in [0.15, 0.2) is 59.4 Å². The number of methoxy groups -OCH3 is 1. The minimum Gasteiger partial charge on any atom is -0.497 e. The number of nitrogens with one attached hydrogen (secondary N) is 1. The molecule has 0 unspecified atom stereocenters. The van der Waals surface area contributed by atoms with Crippen molar-refractivity contribution in [2.75, 3.05) is 7.11 Å². The summed E-state index contributed by atoms with van der Waals surface area (Å²) in [6.07, 6.45) is 5.43. The average Bonchev–Trinajstić information content (AvgIpc) is 2.78. The number of benzene rings is 2. The van der Waals surface area contributed by atoms with Crippen molar-refractivity contribution < 1.29 is 9.53 Å². The van der Waals surface area contributed by atoms with E-state index in [1.807, 2.05) is 59.5 Å². The lowest BCUT2D eigenvalue weighted by atomic mass is 9.93. The van der Waals surface area contributed by atoms with Gasteiger partial charge in [0.2, 0.25) is 0 Å². The van der Waals surface area contributed by atoms with Crippen molar-refractivity contribution in [1.29, 1.82) is 0 Å². The highest BCUT2D eigenvalue weighted by atomic mass is 16.5. The number of aromatic nitrogens is 1. The van der Waals surface area contributed by atoms with Crippen molar-refractivity contribution >= 4 is 16.8 Å². The summed E-state index contributed by atoms with van der Waals surface area (Å²) in [5.41, 5.74) is 1.85. The molecule has 0 aliphatic heterocycles. The lowest BCUT2D eigenvalue weighted by Crippen LogP contribution is -2.42. The SMILES string of the molecule is COc1ccc2cc(CN(C(=O)c3ccccc3)C3CCCCC3)c(=O)[nH]c2c1. The Kier molecular flexibility index (Phi) is 5.65. The molecule has 3 aromatic rings. The predicted octanol–water partition coefficient (Wildman–Crippen LogP) is 4.51. The topological polar surface area (TPSA) is 62.4 Å². The first-order chi connectivity index (χ1) is 14.2.